The molecule has 1 aromatic rings. The molecule has 2 aliphatic carbocycles. The van der Waals surface area contributed by atoms with Gasteiger partial charge in [-0.1, -0.05) is 31.9 Å². The van der Waals surface area contributed by atoms with E-state index in [2.05, 4.69) is 6.92 Å². The summed E-state index contributed by atoms with van der Waals surface area (Å²) < 4.78 is 27.8. The van der Waals surface area contributed by atoms with Crippen molar-refractivity contribution in [1.82, 2.24) is 0 Å². The Morgan fingerprint density at radius 3 is 2.00 bits per heavy atom. The molecule has 2 saturated carbocycles. The lowest BCUT2D eigenvalue weighted by molar-refractivity contribution is 0.150. The molecule has 0 bridgehead atoms. The molecule has 0 radical (unpaired) electrons. The van der Waals surface area contributed by atoms with Crippen LogP contribution in [0.15, 0.2) is 12.1 Å². The van der Waals surface area contributed by atoms with E-state index in [0.29, 0.717) is 23.5 Å². The number of aryl methyl sites for hydroxylation is 1. The fraction of sp³-hybridized carbons (Fsp3) is 0.714. The third kappa shape index (κ3) is 3.95. The van der Waals surface area contributed by atoms with Gasteiger partial charge in [-0.2, -0.15) is 0 Å². The summed E-state index contributed by atoms with van der Waals surface area (Å²) in [6.45, 7) is 4.00. The summed E-state index contributed by atoms with van der Waals surface area (Å²) in [5.74, 6) is 1.99. The van der Waals surface area contributed by atoms with Crippen LogP contribution >= 0.6 is 0 Å². The maximum absolute atomic E-state index is 14.0. The van der Waals surface area contributed by atoms with Crippen LogP contribution in [0.25, 0.3) is 0 Å². The normalized spacial score (nSPS) is 32.0. The summed E-state index contributed by atoms with van der Waals surface area (Å²) in [7, 11) is 0. The van der Waals surface area contributed by atoms with Crippen LogP contribution in [0.1, 0.15) is 69.4 Å². The molecule has 0 atom stereocenters. The van der Waals surface area contributed by atoms with Gasteiger partial charge in [0, 0.05) is 0 Å². The molecule has 23 heavy (non-hydrogen) atoms. The Bertz CT molecular complexity index is 521. The van der Waals surface area contributed by atoms with E-state index in [1.807, 2.05) is 0 Å². The average molecular weight is 320 g/mol. The molecule has 0 nitrogen and oxygen atoms in total. The molecule has 2 fully saturated rings. The van der Waals surface area contributed by atoms with Gasteiger partial charge in [-0.3, -0.25) is 0 Å². The van der Waals surface area contributed by atoms with E-state index >= 15 is 0 Å². The molecular weight excluding hydrogens is 290 g/mol. The van der Waals surface area contributed by atoms with Gasteiger partial charge in [0.15, 0.2) is 11.6 Å². The number of rotatable bonds is 3. The first kappa shape index (κ1) is 16.9. The second-order valence-corrected chi connectivity index (χ2v) is 8.17. The molecule has 0 N–H and O–H groups in total. The van der Waals surface area contributed by atoms with Crippen molar-refractivity contribution in [2.45, 2.75) is 71.6 Å². The zero-order chi connectivity index (χ0) is 16.4. The minimum atomic E-state index is -0.660. The third-order valence-electron chi connectivity index (χ3n) is 6.48. The molecule has 0 saturated heterocycles. The van der Waals surface area contributed by atoms with Gasteiger partial charge < -0.3 is 0 Å². The van der Waals surface area contributed by atoms with Crippen molar-refractivity contribution in [1.29, 1.82) is 0 Å². The fourth-order valence-corrected chi connectivity index (χ4v) is 4.78. The van der Waals surface area contributed by atoms with Crippen LogP contribution in [0.5, 0.6) is 0 Å². The van der Waals surface area contributed by atoms with Crippen LogP contribution in [0.2, 0.25) is 0 Å². The van der Waals surface area contributed by atoms with Gasteiger partial charge in [-0.05, 0) is 86.7 Å². The highest BCUT2D eigenvalue weighted by Gasteiger charge is 2.30. The lowest BCUT2D eigenvalue weighted by Gasteiger charge is -2.37. The second kappa shape index (κ2) is 7.32. The van der Waals surface area contributed by atoms with Crippen molar-refractivity contribution in [2.75, 3.05) is 0 Å². The number of hydrogen-bond donors (Lipinski definition) is 0. The molecule has 1 aromatic carbocycles. The van der Waals surface area contributed by atoms with Gasteiger partial charge in [-0.25, -0.2) is 8.78 Å². The molecule has 2 heteroatoms. The van der Waals surface area contributed by atoms with Gasteiger partial charge in [0.25, 0.3) is 0 Å². The van der Waals surface area contributed by atoms with Crippen LogP contribution in [0.3, 0.4) is 0 Å². The SMILES string of the molecule is Cc1ccc(CC2CCC(C3CCC(C)CC3)CC2)c(F)c1F. The Kier molecular flexibility index (Phi) is 5.38. The van der Waals surface area contributed by atoms with Crippen molar-refractivity contribution in [3.63, 3.8) is 0 Å². The standard InChI is InChI=1S/C21H30F2/c1-14-3-8-17(9-4-14)18-11-6-16(7-12-18)13-19-10-5-15(2)20(22)21(19)23/h5,10,14,16-18H,3-4,6-9,11-13H2,1-2H3. The van der Waals surface area contributed by atoms with Gasteiger partial charge >= 0.3 is 0 Å². The first-order valence-corrected chi connectivity index (χ1v) is 9.48. The largest absolute Gasteiger partial charge is 0.203 e. The molecule has 0 amide bonds. The van der Waals surface area contributed by atoms with Crippen LogP contribution < -0.4 is 0 Å². The summed E-state index contributed by atoms with van der Waals surface area (Å²) in [6.07, 6.45) is 11.3. The van der Waals surface area contributed by atoms with Crippen molar-refractivity contribution in [3.05, 3.63) is 34.9 Å². The molecule has 0 aromatic heterocycles. The van der Waals surface area contributed by atoms with Crippen LogP contribution in [0.4, 0.5) is 8.78 Å². The number of halogens is 2. The van der Waals surface area contributed by atoms with Gasteiger partial charge in [0.1, 0.15) is 0 Å². The van der Waals surface area contributed by atoms with Crippen LogP contribution in [-0.4, -0.2) is 0 Å². The van der Waals surface area contributed by atoms with Gasteiger partial charge in [0.05, 0.1) is 0 Å². The lowest BCUT2D eigenvalue weighted by atomic mass is 9.69. The Morgan fingerprint density at radius 2 is 1.39 bits per heavy atom. The van der Waals surface area contributed by atoms with Crippen LogP contribution in [-0.2, 0) is 6.42 Å². The monoisotopic (exact) mass is 320 g/mol. The van der Waals surface area contributed by atoms with E-state index in [9.17, 15) is 8.78 Å². The predicted octanol–water partition coefficient (Wildman–Crippen LogP) is 6.45. The molecule has 128 valence electrons. The zero-order valence-corrected chi connectivity index (χ0v) is 14.6. The van der Waals surface area contributed by atoms with E-state index in [0.717, 1.165) is 17.8 Å². The Balaban J connectivity index is 1.52. The zero-order valence-electron chi connectivity index (χ0n) is 14.6. The number of hydrogen-bond acceptors (Lipinski definition) is 0. The maximum atomic E-state index is 14.0. The molecule has 0 unspecified atom stereocenters. The first-order chi connectivity index (χ1) is 11.0. The number of benzene rings is 1. The third-order valence-corrected chi connectivity index (χ3v) is 6.48. The van der Waals surface area contributed by atoms with Crippen molar-refractivity contribution >= 4 is 0 Å². The minimum Gasteiger partial charge on any atom is -0.203 e. The van der Waals surface area contributed by atoms with E-state index in [1.54, 1.807) is 19.1 Å². The molecule has 0 spiro atoms. The van der Waals surface area contributed by atoms with Gasteiger partial charge in [-0.15, -0.1) is 0 Å². The fourth-order valence-electron chi connectivity index (χ4n) is 4.78. The van der Waals surface area contributed by atoms with Crippen molar-refractivity contribution < 1.29 is 8.78 Å². The van der Waals surface area contributed by atoms with E-state index in [1.165, 1.54) is 51.4 Å². The molecule has 0 heterocycles. The minimum absolute atomic E-state index is 0.404. The molecule has 3 rings (SSSR count). The van der Waals surface area contributed by atoms with E-state index < -0.39 is 11.6 Å². The summed E-state index contributed by atoms with van der Waals surface area (Å²) >= 11 is 0. The summed E-state index contributed by atoms with van der Waals surface area (Å²) in [5, 5.41) is 0. The average Bonchev–Trinajstić information content (AvgIpc) is 2.57. The first-order valence-electron chi connectivity index (χ1n) is 9.48. The summed E-state index contributed by atoms with van der Waals surface area (Å²) in [4.78, 5) is 0. The Labute approximate surface area is 139 Å². The van der Waals surface area contributed by atoms with Crippen molar-refractivity contribution in [2.24, 2.45) is 23.7 Å². The quantitative estimate of drug-likeness (QED) is 0.600. The highest BCUT2D eigenvalue weighted by molar-refractivity contribution is 5.25. The van der Waals surface area contributed by atoms with Gasteiger partial charge in [0.2, 0.25) is 0 Å². The highest BCUT2D eigenvalue weighted by atomic mass is 19.2. The summed E-state index contributed by atoms with van der Waals surface area (Å²) in [6, 6.07) is 3.49. The lowest BCUT2D eigenvalue weighted by Crippen LogP contribution is -2.26. The highest BCUT2D eigenvalue weighted by Crippen LogP contribution is 2.42. The molecule has 0 aliphatic heterocycles. The summed E-state index contributed by atoms with van der Waals surface area (Å²) in [5.41, 5.74) is 0.976. The maximum Gasteiger partial charge on any atom is 0.162 e. The van der Waals surface area contributed by atoms with Crippen molar-refractivity contribution in [3.8, 4) is 0 Å². The predicted molar refractivity (Wildman–Crippen MR) is 91.4 cm³/mol. The van der Waals surface area contributed by atoms with Crippen LogP contribution in [0, 0.1) is 42.2 Å². The van der Waals surface area contributed by atoms with E-state index in [4.69, 9.17) is 0 Å². The smallest absolute Gasteiger partial charge is 0.162 e. The molecule has 2 aliphatic rings. The topological polar surface area (TPSA) is 0 Å². The molecular formula is C21H30F2. The second-order valence-electron chi connectivity index (χ2n) is 8.17. The Morgan fingerprint density at radius 1 is 0.826 bits per heavy atom. The Hall–Kier alpha value is -0.920. The van der Waals surface area contributed by atoms with E-state index in [-0.39, 0.29) is 0 Å².